The highest BCUT2D eigenvalue weighted by molar-refractivity contribution is 7.09. The van der Waals surface area contributed by atoms with Crippen LogP contribution in [0.3, 0.4) is 0 Å². The lowest BCUT2D eigenvalue weighted by Crippen LogP contribution is -2.12. The van der Waals surface area contributed by atoms with E-state index in [1.807, 2.05) is 0 Å². The van der Waals surface area contributed by atoms with E-state index in [-0.39, 0.29) is 0 Å². The Labute approximate surface area is 81.9 Å². The van der Waals surface area contributed by atoms with Crippen LogP contribution in [0.1, 0.15) is 12.8 Å². The summed E-state index contributed by atoms with van der Waals surface area (Å²) in [5, 5.41) is 7.57. The minimum atomic E-state index is 0.848. The van der Waals surface area contributed by atoms with E-state index in [4.69, 9.17) is 0 Å². The molecule has 0 aromatic carbocycles. The fourth-order valence-corrected chi connectivity index (χ4v) is 2.05. The first-order valence-electron chi connectivity index (χ1n) is 4.66. The quantitative estimate of drug-likeness (QED) is 0.756. The van der Waals surface area contributed by atoms with Gasteiger partial charge in [-0.2, -0.15) is 4.37 Å². The molecule has 1 saturated heterocycles. The summed E-state index contributed by atoms with van der Waals surface area (Å²) in [4.78, 5) is 4.06. The van der Waals surface area contributed by atoms with Crippen LogP contribution in [0.5, 0.6) is 0 Å². The fourth-order valence-electron chi connectivity index (χ4n) is 1.60. The first kappa shape index (κ1) is 8.90. The monoisotopic (exact) mass is 198 g/mol. The highest BCUT2D eigenvalue weighted by atomic mass is 32.1. The molecule has 2 heterocycles. The number of aromatic nitrogens is 2. The van der Waals surface area contributed by atoms with Gasteiger partial charge in [-0.1, -0.05) is 0 Å². The Hall–Kier alpha value is -0.680. The van der Waals surface area contributed by atoms with Crippen molar-refractivity contribution < 1.29 is 0 Å². The summed E-state index contributed by atoms with van der Waals surface area (Å²) in [7, 11) is 0. The Balaban J connectivity index is 1.63. The maximum absolute atomic E-state index is 4.06. The highest BCUT2D eigenvalue weighted by Gasteiger charge is 2.13. The molecule has 0 aliphatic carbocycles. The molecule has 2 N–H and O–H groups in total. The lowest BCUT2D eigenvalue weighted by Gasteiger charge is -2.07. The molecule has 1 fully saturated rings. The molecule has 1 atom stereocenters. The molecule has 13 heavy (non-hydrogen) atoms. The second kappa shape index (κ2) is 4.53. The molecule has 0 saturated carbocycles. The smallest absolute Gasteiger partial charge is 0.202 e. The normalized spacial score (nSPS) is 22.0. The summed E-state index contributed by atoms with van der Waals surface area (Å²) in [5.74, 6) is 0.848. The molecule has 5 heteroatoms. The van der Waals surface area contributed by atoms with Crippen molar-refractivity contribution in [2.75, 3.05) is 25.0 Å². The van der Waals surface area contributed by atoms with Gasteiger partial charge in [0.1, 0.15) is 6.33 Å². The number of anilines is 1. The predicted molar refractivity (Wildman–Crippen MR) is 54.0 cm³/mol. The van der Waals surface area contributed by atoms with Crippen LogP contribution in [0.4, 0.5) is 5.13 Å². The van der Waals surface area contributed by atoms with Gasteiger partial charge in [-0.05, 0) is 31.8 Å². The number of nitrogens with zero attached hydrogens (tertiary/aromatic N) is 2. The SMILES string of the molecule is c1nsc(NCCC2CCNC2)n1. The molecule has 1 aliphatic rings. The molecule has 0 bridgehead atoms. The second-order valence-corrected chi connectivity index (χ2v) is 4.10. The molecule has 1 unspecified atom stereocenters. The van der Waals surface area contributed by atoms with Gasteiger partial charge in [-0.3, -0.25) is 0 Å². The Morgan fingerprint density at radius 3 is 3.38 bits per heavy atom. The summed E-state index contributed by atoms with van der Waals surface area (Å²) < 4.78 is 3.93. The van der Waals surface area contributed by atoms with Crippen LogP contribution >= 0.6 is 11.5 Å². The van der Waals surface area contributed by atoms with Crippen molar-refractivity contribution in [1.29, 1.82) is 0 Å². The van der Waals surface area contributed by atoms with Gasteiger partial charge < -0.3 is 10.6 Å². The van der Waals surface area contributed by atoms with Gasteiger partial charge in [-0.25, -0.2) is 4.98 Å². The summed E-state index contributed by atoms with van der Waals surface area (Å²) in [6.07, 6.45) is 4.13. The Bertz CT molecular complexity index is 230. The van der Waals surface area contributed by atoms with Gasteiger partial charge in [0, 0.05) is 18.1 Å². The van der Waals surface area contributed by atoms with Gasteiger partial charge in [0.15, 0.2) is 0 Å². The van der Waals surface area contributed by atoms with E-state index in [0.29, 0.717) is 0 Å². The second-order valence-electron chi connectivity index (χ2n) is 3.32. The van der Waals surface area contributed by atoms with E-state index in [1.165, 1.54) is 37.5 Å². The first-order valence-corrected chi connectivity index (χ1v) is 5.44. The molecule has 1 aliphatic heterocycles. The maximum atomic E-state index is 4.06. The summed E-state index contributed by atoms with van der Waals surface area (Å²) in [6, 6.07) is 0. The third-order valence-corrected chi connectivity index (χ3v) is 2.97. The molecular weight excluding hydrogens is 184 g/mol. The van der Waals surface area contributed by atoms with Crippen molar-refractivity contribution in [2.45, 2.75) is 12.8 Å². The minimum absolute atomic E-state index is 0.848. The van der Waals surface area contributed by atoms with Crippen molar-refractivity contribution in [2.24, 2.45) is 5.92 Å². The zero-order valence-electron chi connectivity index (χ0n) is 7.49. The molecule has 2 rings (SSSR count). The Morgan fingerprint density at radius 1 is 1.69 bits per heavy atom. The molecule has 72 valence electrons. The summed E-state index contributed by atoms with van der Waals surface area (Å²) in [5.41, 5.74) is 0. The van der Waals surface area contributed by atoms with Gasteiger partial charge in [0.2, 0.25) is 5.13 Å². The molecule has 0 radical (unpaired) electrons. The lowest BCUT2D eigenvalue weighted by atomic mass is 10.1. The molecule has 1 aromatic rings. The van der Waals surface area contributed by atoms with Crippen molar-refractivity contribution in [3.05, 3.63) is 6.33 Å². The van der Waals surface area contributed by atoms with Crippen molar-refractivity contribution in [3.63, 3.8) is 0 Å². The standard InChI is InChI=1S/C8H14N4S/c1-3-9-5-7(1)2-4-10-8-11-6-12-13-8/h6-7,9H,1-5H2,(H,10,11,12). The largest absolute Gasteiger partial charge is 0.360 e. The average molecular weight is 198 g/mol. The Morgan fingerprint density at radius 2 is 2.69 bits per heavy atom. The third-order valence-electron chi connectivity index (χ3n) is 2.35. The van der Waals surface area contributed by atoms with E-state index in [0.717, 1.165) is 17.6 Å². The molecule has 0 spiro atoms. The predicted octanol–water partition coefficient (Wildman–Crippen LogP) is 0.950. The van der Waals surface area contributed by atoms with Crippen molar-refractivity contribution in [3.8, 4) is 0 Å². The maximum Gasteiger partial charge on any atom is 0.202 e. The number of hydrogen-bond donors (Lipinski definition) is 2. The van der Waals surface area contributed by atoms with Gasteiger partial charge >= 0.3 is 0 Å². The van der Waals surface area contributed by atoms with E-state index >= 15 is 0 Å². The van der Waals surface area contributed by atoms with E-state index < -0.39 is 0 Å². The number of nitrogens with one attached hydrogen (secondary N) is 2. The van der Waals surface area contributed by atoms with Gasteiger partial charge in [0.25, 0.3) is 0 Å². The molecule has 4 nitrogen and oxygen atoms in total. The highest BCUT2D eigenvalue weighted by Crippen LogP contribution is 2.13. The van der Waals surface area contributed by atoms with Crippen LogP contribution in [-0.2, 0) is 0 Å². The molecule has 0 amide bonds. The zero-order valence-corrected chi connectivity index (χ0v) is 8.31. The van der Waals surface area contributed by atoms with Crippen LogP contribution in [0.25, 0.3) is 0 Å². The van der Waals surface area contributed by atoms with Crippen molar-refractivity contribution in [1.82, 2.24) is 14.7 Å². The third kappa shape index (κ3) is 2.63. The van der Waals surface area contributed by atoms with Gasteiger partial charge in [0.05, 0.1) is 0 Å². The van der Waals surface area contributed by atoms with Crippen molar-refractivity contribution >= 4 is 16.7 Å². The number of rotatable bonds is 4. The van der Waals surface area contributed by atoms with Crippen LogP contribution in [0.2, 0.25) is 0 Å². The Kier molecular flexibility index (Phi) is 3.10. The molecule has 1 aromatic heterocycles. The van der Waals surface area contributed by atoms with Crippen LogP contribution in [-0.4, -0.2) is 29.0 Å². The first-order chi connectivity index (χ1) is 6.45. The molecular formula is C8H14N4S. The van der Waals surface area contributed by atoms with Gasteiger partial charge in [-0.15, -0.1) is 0 Å². The van der Waals surface area contributed by atoms with E-state index in [9.17, 15) is 0 Å². The van der Waals surface area contributed by atoms with Crippen LogP contribution in [0, 0.1) is 5.92 Å². The minimum Gasteiger partial charge on any atom is -0.360 e. The topological polar surface area (TPSA) is 49.8 Å². The van der Waals surface area contributed by atoms with Crippen LogP contribution < -0.4 is 10.6 Å². The zero-order chi connectivity index (χ0) is 8.93. The van der Waals surface area contributed by atoms with E-state index in [1.54, 1.807) is 6.33 Å². The fraction of sp³-hybridized carbons (Fsp3) is 0.750. The lowest BCUT2D eigenvalue weighted by molar-refractivity contribution is 0.549. The summed E-state index contributed by atoms with van der Waals surface area (Å²) >= 11 is 1.42. The number of hydrogen-bond acceptors (Lipinski definition) is 5. The van der Waals surface area contributed by atoms with E-state index in [2.05, 4.69) is 20.0 Å². The summed E-state index contributed by atoms with van der Waals surface area (Å²) in [6.45, 7) is 3.38. The average Bonchev–Trinajstić information content (AvgIpc) is 2.75. The van der Waals surface area contributed by atoms with Crippen LogP contribution in [0.15, 0.2) is 6.33 Å².